The van der Waals surface area contributed by atoms with E-state index in [4.69, 9.17) is 37.0 Å². The molecule has 19 heteroatoms. The van der Waals surface area contributed by atoms with Crippen LogP contribution < -0.4 is 0 Å². The quantitative estimate of drug-likeness (QED) is 0.0222. The van der Waals surface area contributed by atoms with Crippen LogP contribution in [0.5, 0.6) is 0 Å². The van der Waals surface area contributed by atoms with E-state index in [0.29, 0.717) is 37.5 Å². The van der Waals surface area contributed by atoms with E-state index in [9.17, 15) is 43.2 Å². The van der Waals surface area contributed by atoms with E-state index in [1.807, 2.05) is 0 Å². The highest BCUT2D eigenvalue weighted by molar-refractivity contribution is 7.47. The summed E-state index contributed by atoms with van der Waals surface area (Å²) < 4.78 is 68.4. The number of unbranched alkanes of at least 4 members (excludes halogenated alkanes) is 37. The Morgan fingerprint density at radius 3 is 0.755 bits per heavy atom. The topological polar surface area (TPSA) is 237 Å². The summed E-state index contributed by atoms with van der Waals surface area (Å²) in [5, 5.41) is 10.6. The molecule has 0 aliphatic rings. The van der Waals surface area contributed by atoms with Gasteiger partial charge in [0.05, 0.1) is 26.4 Å². The number of phosphoric acid groups is 2. The third-order valence-electron chi connectivity index (χ3n) is 17.7. The van der Waals surface area contributed by atoms with Gasteiger partial charge in [0.2, 0.25) is 0 Å². The van der Waals surface area contributed by atoms with Gasteiger partial charge in [-0.2, -0.15) is 0 Å². The minimum Gasteiger partial charge on any atom is -0.462 e. The van der Waals surface area contributed by atoms with Gasteiger partial charge in [-0.1, -0.05) is 325 Å². The molecule has 0 aromatic carbocycles. The second-order valence-electron chi connectivity index (χ2n) is 28.7. The fraction of sp³-hybridized carbons (Fsp3) is 0.947. The van der Waals surface area contributed by atoms with Crippen LogP contribution in [0, 0.1) is 23.7 Å². The van der Waals surface area contributed by atoms with E-state index in [-0.39, 0.29) is 25.7 Å². The molecule has 0 aliphatic carbocycles. The SMILES string of the molecule is CCC(C)CCCCCCCCCCCCC(=O)OC[C@H](COP(=O)(O)OCC(O)COP(=O)(O)OC[C@@H](COC(=O)CCCCCCCCCC(C)C)OC(=O)CCCCCCCCCCCCCCCCCCCCC(C)C)OC(=O)CCCCCCCCC(C)C. The molecular formula is C75H146O17P2. The summed E-state index contributed by atoms with van der Waals surface area (Å²) >= 11 is 0. The maximum absolute atomic E-state index is 13.0. The summed E-state index contributed by atoms with van der Waals surface area (Å²) in [5.74, 6) is 0.876. The zero-order valence-corrected chi connectivity index (χ0v) is 63.4. The van der Waals surface area contributed by atoms with E-state index in [0.717, 1.165) is 108 Å². The number of ether oxygens (including phenoxy) is 4. The van der Waals surface area contributed by atoms with Crippen LogP contribution in [-0.4, -0.2) is 96.7 Å². The van der Waals surface area contributed by atoms with Crippen LogP contribution in [-0.2, 0) is 65.4 Å². The third-order valence-corrected chi connectivity index (χ3v) is 19.6. The fourth-order valence-corrected chi connectivity index (χ4v) is 12.9. The van der Waals surface area contributed by atoms with Crippen molar-refractivity contribution >= 4 is 39.5 Å². The second kappa shape index (κ2) is 64.4. The smallest absolute Gasteiger partial charge is 0.462 e. The standard InChI is InChI=1S/C75H146O17P2/c1-9-68(8)54-46-38-29-23-20-21-24-30-39-47-55-72(77)85-62-71(92-75(80)58-50-42-34-33-37-45-53-67(6)7)64-90-94(83,84)88-60-69(76)59-87-93(81,82)89-63-70(61-86-73(78)56-48-40-32-26-28-36-44-52-66(4)5)91-74(79)57-49-41-31-25-19-17-15-13-11-10-12-14-16-18-22-27-35-43-51-65(2)3/h65-71,76H,9-64H2,1-8H3,(H,81,82)(H,83,84)/t68?,69?,70-,71-/m1/s1. The van der Waals surface area contributed by atoms with Crippen molar-refractivity contribution in [3.63, 3.8) is 0 Å². The highest BCUT2D eigenvalue weighted by Gasteiger charge is 2.30. The molecule has 0 spiro atoms. The molecule has 0 amide bonds. The van der Waals surface area contributed by atoms with Gasteiger partial charge in [-0.25, -0.2) is 9.13 Å². The number of carbonyl (C=O) groups excluding carboxylic acids is 4. The van der Waals surface area contributed by atoms with Gasteiger partial charge in [0.1, 0.15) is 19.3 Å². The largest absolute Gasteiger partial charge is 0.472 e. The van der Waals surface area contributed by atoms with Gasteiger partial charge >= 0.3 is 39.5 Å². The van der Waals surface area contributed by atoms with E-state index < -0.39 is 97.5 Å². The Balaban J connectivity index is 5.15. The lowest BCUT2D eigenvalue weighted by molar-refractivity contribution is -0.161. The van der Waals surface area contributed by atoms with Crippen LogP contribution in [0.25, 0.3) is 0 Å². The fourth-order valence-electron chi connectivity index (χ4n) is 11.3. The lowest BCUT2D eigenvalue weighted by Gasteiger charge is -2.21. The molecule has 4 unspecified atom stereocenters. The second-order valence-corrected chi connectivity index (χ2v) is 31.6. The summed E-state index contributed by atoms with van der Waals surface area (Å²) in [6.45, 7) is 14.1. The number of hydrogen-bond donors (Lipinski definition) is 3. The number of aliphatic hydroxyl groups excluding tert-OH is 1. The average Bonchev–Trinajstić information content (AvgIpc) is 1.94. The van der Waals surface area contributed by atoms with Crippen molar-refractivity contribution < 1.29 is 80.2 Å². The highest BCUT2D eigenvalue weighted by Crippen LogP contribution is 2.45. The molecule has 0 bridgehead atoms. The summed E-state index contributed by atoms with van der Waals surface area (Å²) in [7, 11) is -9.91. The maximum atomic E-state index is 13.0. The minimum atomic E-state index is -4.96. The first-order valence-electron chi connectivity index (χ1n) is 38.7. The monoisotopic (exact) mass is 1380 g/mol. The Labute approximate surface area is 575 Å². The van der Waals surface area contributed by atoms with Crippen LogP contribution in [0.1, 0.15) is 376 Å². The van der Waals surface area contributed by atoms with Gasteiger partial charge in [0.25, 0.3) is 0 Å². The Morgan fingerprint density at radius 1 is 0.298 bits per heavy atom. The predicted molar refractivity (Wildman–Crippen MR) is 381 cm³/mol. The predicted octanol–water partition coefficient (Wildman–Crippen LogP) is 21.7. The van der Waals surface area contributed by atoms with E-state index in [2.05, 4.69) is 55.4 Å². The molecule has 0 radical (unpaired) electrons. The van der Waals surface area contributed by atoms with Crippen molar-refractivity contribution in [1.29, 1.82) is 0 Å². The van der Waals surface area contributed by atoms with Crippen molar-refractivity contribution in [2.75, 3.05) is 39.6 Å². The lowest BCUT2D eigenvalue weighted by atomic mass is 9.99. The first kappa shape index (κ1) is 92.1. The van der Waals surface area contributed by atoms with E-state index >= 15 is 0 Å². The molecule has 0 rings (SSSR count). The molecule has 0 aromatic rings. The van der Waals surface area contributed by atoms with E-state index in [1.165, 1.54) is 173 Å². The van der Waals surface area contributed by atoms with E-state index in [1.54, 1.807) is 0 Å². The van der Waals surface area contributed by atoms with Crippen molar-refractivity contribution in [1.82, 2.24) is 0 Å². The van der Waals surface area contributed by atoms with Crippen LogP contribution in [0.2, 0.25) is 0 Å². The molecule has 0 aromatic heterocycles. The third kappa shape index (κ3) is 67.3. The molecule has 6 atom stereocenters. The highest BCUT2D eigenvalue weighted by atomic mass is 31.2. The first-order chi connectivity index (χ1) is 45.1. The number of esters is 4. The molecule has 0 saturated heterocycles. The Morgan fingerprint density at radius 2 is 0.511 bits per heavy atom. The van der Waals surface area contributed by atoms with Gasteiger partial charge in [-0.3, -0.25) is 37.3 Å². The molecule has 0 saturated carbocycles. The minimum absolute atomic E-state index is 0.102. The molecular weight excluding hydrogens is 1230 g/mol. The van der Waals surface area contributed by atoms with Crippen LogP contribution in [0.15, 0.2) is 0 Å². The summed E-state index contributed by atoms with van der Waals surface area (Å²) in [6, 6.07) is 0. The zero-order chi connectivity index (χ0) is 69.6. The molecule has 0 fully saturated rings. The van der Waals surface area contributed by atoms with Gasteiger partial charge in [-0.05, 0) is 49.4 Å². The molecule has 17 nitrogen and oxygen atoms in total. The van der Waals surface area contributed by atoms with Crippen molar-refractivity contribution in [3.05, 3.63) is 0 Å². The number of hydrogen-bond acceptors (Lipinski definition) is 15. The lowest BCUT2D eigenvalue weighted by Crippen LogP contribution is -2.30. The van der Waals surface area contributed by atoms with Crippen molar-refractivity contribution in [2.24, 2.45) is 23.7 Å². The molecule has 0 aliphatic heterocycles. The van der Waals surface area contributed by atoms with Crippen LogP contribution >= 0.6 is 15.6 Å². The molecule has 94 heavy (non-hydrogen) atoms. The Bertz CT molecular complexity index is 1850. The van der Waals surface area contributed by atoms with Crippen LogP contribution in [0.4, 0.5) is 0 Å². The summed E-state index contributed by atoms with van der Waals surface area (Å²) in [4.78, 5) is 72.6. The van der Waals surface area contributed by atoms with Crippen molar-refractivity contribution in [3.8, 4) is 0 Å². The zero-order valence-electron chi connectivity index (χ0n) is 61.6. The Hall–Kier alpha value is -1.94. The number of phosphoric ester groups is 2. The number of rotatable bonds is 72. The summed E-state index contributed by atoms with van der Waals surface area (Å²) in [6.07, 6.45) is 48.9. The normalized spacial score (nSPS) is 14.4. The average molecular weight is 1380 g/mol. The molecule has 3 N–H and O–H groups in total. The number of carbonyl (C=O) groups is 4. The molecule has 0 heterocycles. The number of aliphatic hydroxyl groups is 1. The van der Waals surface area contributed by atoms with Crippen molar-refractivity contribution in [2.45, 2.75) is 395 Å². The van der Waals surface area contributed by atoms with Gasteiger partial charge in [0, 0.05) is 25.7 Å². The summed E-state index contributed by atoms with van der Waals surface area (Å²) in [5.41, 5.74) is 0. The van der Waals surface area contributed by atoms with Gasteiger partial charge in [-0.15, -0.1) is 0 Å². The Kier molecular flexibility index (Phi) is 63.1. The maximum Gasteiger partial charge on any atom is 0.472 e. The van der Waals surface area contributed by atoms with Gasteiger partial charge in [0.15, 0.2) is 12.2 Å². The molecule has 558 valence electrons. The first-order valence-corrected chi connectivity index (χ1v) is 41.7. The van der Waals surface area contributed by atoms with Gasteiger partial charge < -0.3 is 33.8 Å². The van der Waals surface area contributed by atoms with Crippen LogP contribution in [0.3, 0.4) is 0 Å².